The second-order valence-electron chi connectivity index (χ2n) is 3.36. The van der Waals surface area contributed by atoms with Gasteiger partial charge in [-0.1, -0.05) is 0 Å². The maximum absolute atomic E-state index is 5.46. The van der Waals surface area contributed by atoms with E-state index in [1.54, 1.807) is 12.4 Å². The first kappa shape index (κ1) is 12.0. The molecule has 0 radical (unpaired) electrons. The molecule has 4 N–H and O–H groups in total. The molecule has 4 heteroatoms. The normalized spacial score (nSPS) is 9.12. The molecular formula is C12H16N4. The number of pyridine rings is 2. The largest absolute Gasteiger partial charge is 0.397 e. The van der Waals surface area contributed by atoms with Crippen molar-refractivity contribution in [3.63, 3.8) is 0 Å². The summed E-state index contributed by atoms with van der Waals surface area (Å²) in [5.41, 5.74) is 14.2. The summed E-state index contributed by atoms with van der Waals surface area (Å²) in [6.45, 7) is 3.77. The van der Waals surface area contributed by atoms with Crippen LogP contribution in [0.1, 0.15) is 11.4 Å². The van der Waals surface area contributed by atoms with E-state index in [1.165, 1.54) is 0 Å². The van der Waals surface area contributed by atoms with Crippen LogP contribution < -0.4 is 11.5 Å². The number of nitrogen functional groups attached to an aromatic ring is 2. The smallest absolute Gasteiger partial charge is 0.0601 e. The molecule has 0 aliphatic rings. The van der Waals surface area contributed by atoms with Crippen LogP contribution in [0.25, 0.3) is 0 Å². The molecule has 2 aromatic rings. The fourth-order valence-corrected chi connectivity index (χ4v) is 0.993. The van der Waals surface area contributed by atoms with E-state index in [1.807, 2.05) is 38.1 Å². The molecule has 2 aromatic heterocycles. The molecule has 0 aliphatic carbocycles. The average molecular weight is 216 g/mol. The van der Waals surface area contributed by atoms with Crippen molar-refractivity contribution in [2.45, 2.75) is 13.8 Å². The highest BCUT2D eigenvalue weighted by atomic mass is 14.7. The minimum atomic E-state index is 0.757. The summed E-state index contributed by atoms with van der Waals surface area (Å²) in [6, 6.07) is 7.31. The Bertz CT molecular complexity index is 369. The molecule has 0 unspecified atom stereocenters. The first-order valence-corrected chi connectivity index (χ1v) is 4.95. The molecule has 0 aromatic carbocycles. The second kappa shape index (κ2) is 5.70. The molecule has 0 saturated carbocycles. The lowest BCUT2D eigenvalue weighted by Gasteiger charge is -1.92. The zero-order chi connectivity index (χ0) is 12.0. The Morgan fingerprint density at radius 3 is 1.38 bits per heavy atom. The minimum Gasteiger partial charge on any atom is -0.397 e. The number of anilines is 2. The summed E-state index contributed by atoms with van der Waals surface area (Å²) >= 11 is 0. The number of aryl methyl sites for hydroxylation is 2. The van der Waals surface area contributed by atoms with Crippen molar-refractivity contribution < 1.29 is 0 Å². The van der Waals surface area contributed by atoms with Crippen molar-refractivity contribution in [1.82, 2.24) is 9.97 Å². The topological polar surface area (TPSA) is 77.8 Å². The van der Waals surface area contributed by atoms with Gasteiger partial charge in [0, 0.05) is 12.4 Å². The van der Waals surface area contributed by atoms with Gasteiger partial charge in [0.25, 0.3) is 0 Å². The third kappa shape index (κ3) is 3.57. The van der Waals surface area contributed by atoms with Crippen LogP contribution in [0.15, 0.2) is 36.7 Å². The molecule has 0 amide bonds. The molecule has 0 aliphatic heterocycles. The van der Waals surface area contributed by atoms with Gasteiger partial charge in [0.15, 0.2) is 0 Å². The maximum atomic E-state index is 5.46. The Kier molecular flexibility index (Phi) is 4.27. The van der Waals surface area contributed by atoms with Crippen molar-refractivity contribution in [2.75, 3.05) is 11.5 Å². The zero-order valence-corrected chi connectivity index (χ0v) is 9.51. The maximum Gasteiger partial charge on any atom is 0.0601 e. The predicted octanol–water partition coefficient (Wildman–Crippen LogP) is 1.94. The Hall–Kier alpha value is -2.10. The van der Waals surface area contributed by atoms with E-state index in [2.05, 4.69) is 9.97 Å². The van der Waals surface area contributed by atoms with Crippen LogP contribution >= 0.6 is 0 Å². The van der Waals surface area contributed by atoms with E-state index >= 15 is 0 Å². The lowest BCUT2D eigenvalue weighted by Crippen LogP contribution is -1.89. The number of hydrogen-bond donors (Lipinski definition) is 2. The third-order valence-electron chi connectivity index (χ3n) is 2.10. The number of aromatic nitrogens is 2. The molecule has 2 rings (SSSR count). The number of nitrogens with zero attached hydrogens (tertiary/aromatic N) is 2. The molecule has 16 heavy (non-hydrogen) atoms. The van der Waals surface area contributed by atoms with Gasteiger partial charge in [-0.3, -0.25) is 9.97 Å². The molecule has 84 valence electrons. The lowest BCUT2D eigenvalue weighted by molar-refractivity contribution is 1.21. The molecule has 0 bridgehead atoms. The molecule has 2 heterocycles. The third-order valence-corrected chi connectivity index (χ3v) is 2.10. The minimum absolute atomic E-state index is 0.757. The second-order valence-corrected chi connectivity index (χ2v) is 3.36. The van der Waals surface area contributed by atoms with Gasteiger partial charge in [0.2, 0.25) is 0 Å². The van der Waals surface area contributed by atoms with E-state index < -0.39 is 0 Å². The summed E-state index contributed by atoms with van der Waals surface area (Å²) in [6.07, 6.45) is 3.46. The number of hydrogen-bond acceptors (Lipinski definition) is 4. The summed E-state index contributed by atoms with van der Waals surface area (Å²) in [4.78, 5) is 7.91. The van der Waals surface area contributed by atoms with Gasteiger partial charge in [-0.15, -0.1) is 0 Å². The summed E-state index contributed by atoms with van der Waals surface area (Å²) in [5, 5.41) is 0. The van der Waals surface area contributed by atoms with Crippen LogP contribution in [0.2, 0.25) is 0 Å². The average Bonchev–Trinajstić information content (AvgIpc) is 2.28. The summed E-state index contributed by atoms with van der Waals surface area (Å²) in [7, 11) is 0. The van der Waals surface area contributed by atoms with E-state index in [-0.39, 0.29) is 0 Å². The first-order valence-electron chi connectivity index (χ1n) is 4.95. The van der Waals surface area contributed by atoms with E-state index in [4.69, 9.17) is 11.5 Å². The van der Waals surface area contributed by atoms with Gasteiger partial charge in [0.1, 0.15) is 0 Å². The first-order chi connectivity index (χ1) is 7.61. The van der Waals surface area contributed by atoms with Gasteiger partial charge in [-0.25, -0.2) is 0 Å². The molecule has 0 fully saturated rings. The van der Waals surface area contributed by atoms with Crippen molar-refractivity contribution in [2.24, 2.45) is 0 Å². The van der Waals surface area contributed by atoms with Gasteiger partial charge in [-0.05, 0) is 38.1 Å². The Morgan fingerprint density at radius 1 is 0.812 bits per heavy atom. The van der Waals surface area contributed by atoms with Crippen LogP contribution in [0, 0.1) is 13.8 Å². The molecule has 0 spiro atoms. The highest BCUT2D eigenvalue weighted by Gasteiger charge is 1.86. The predicted molar refractivity (Wildman–Crippen MR) is 66.8 cm³/mol. The van der Waals surface area contributed by atoms with Crippen LogP contribution in [-0.4, -0.2) is 9.97 Å². The summed E-state index contributed by atoms with van der Waals surface area (Å²) in [5.74, 6) is 0. The fraction of sp³-hybridized carbons (Fsp3) is 0.167. The lowest BCUT2D eigenvalue weighted by atomic mass is 10.3. The molecule has 4 nitrogen and oxygen atoms in total. The number of rotatable bonds is 0. The summed E-state index contributed by atoms with van der Waals surface area (Å²) < 4.78 is 0. The van der Waals surface area contributed by atoms with E-state index in [9.17, 15) is 0 Å². The highest BCUT2D eigenvalue weighted by molar-refractivity contribution is 5.41. The molecule has 0 atom stereocenters. The van der Waals surface area contributed by atoms with Crippen molar-refractivity contribution in [3.05, 3.63) is 48.0 Å². The van der Waals surface area contributed by atoms with Crippen molar-refractivity contribution >= 4 is 11.4 Å². The molecule has 0 saturated heterocycles. The fourth-order valence-electron chi connectivity index (χ4n) is 0.993. The van der Waals surface area contributed by atoms with Crippen molar-refractivity contribution in [3.8, 4) is 0 Å². The van der Waals surface area contributed by atoms with E-state index in [0.717, 1.165) is 22.8 Å². The zero-order valence-electron chi connectivity index (χ0n) is 9.51. The van der Waals surface area contributed by atoms with Crippen LogP contribution in [-0.2, 0) is 0 Å². The van der Waals surface area contributed by atoms with Crippen LogP contribution in [0.4, 0.5) is 11.4 Å². The number of nitrogens with two attached hydrogens (primary N) is 2. The van der Waals surface area contributed by atoms with Crippen LogP contribution in [0.5, 0.6) is 0 Å². The van der Waals surface area contributed by atoms with Gasteiger partial charge < -0.3 is 11.5 Å². The van der Waals surface area contributed by atoms with Gasteiger partial charge in [0.05, 0.1) is 22.8 Å². The van der Waals surface area contributed by atoms with Crippen molar-refractivity contribution in [1.29, 1.82) is 0 Å². The Labute approximate surface area is 95.3 Å². The van der Waals surface area contributed by atoms with E-state index in [0.29, 0.717) is 0 Å². The van der Waals surface area contributed by atoms with Crippen LogP contribution in [0.3, 0.4) is 0 Å². The Balaban J connectivity index is 0.000000160. The molecular weight excluding hydrogens is 200 g/mol. The Morgan fingerprint density at radius 2 is 1.19 bits per heavy atom. The SMILES string of the molecule is Cc1ncccc1N.Cc1ncccc1N. The standard InChI is InChI=1S/2C6H8N2/c2*1-5-6(7)3-2-4-8-5/h2*2-4H,7H2,1H3. The monoisotopic (exact) mass is 216 g/mol. The van der Waals surface area contributed by atoms with Gasteiger partial charge in [-0.2, -0.15) is 0 Å². The van der Waals surface area contributed by atoms with Gasteiger partial charge >= 0.3 is 0 Å². The quantitative estimate of drug-likeness (QED) is 0.705. The highest BCUT2D eigenvalue weighted by Crippen LogP contribution is 2.03.